The molecule has 1 aromatic heterocycles. The average Bonchev–Trinajstić information content (AvgIpc) is 3.93. The third kappa shape index (κ3) is 6.64. The van der Waals surface area contributed by atoms with Gasteiger partial charge in [-0.05, 0) is 116 Å². The largest absolute Gasteiger partial charge is 0.310 e. The third-order valence-corrected chi connectivity index (χ3v) is 14.3. The Labute approximate surface area is 403 Å². The molecule has 11 aromatic carbocycles. The topological polar surface area (TPSA) is 8.17 Å². The van der Waals surface area contributed by atoms with Crippen LogP contribution in [0.2, 0.25) is 0 Å². The van der Waals surface area contributed by atoms with Crippen molar-refractivity contribution in [2.75, 3.05) is 4.90 Å². The molecule has 2 nitrogen and oxygen atoms in total. The Morgan fingerprint density at radius 3 is 1.43 bits per heavy atom. The van der Waals surface area contributed by atoms with Gasteiger partial charge < -0.3 is 9.47 Å². The summed E-state index contributed by atoms with van der Waals surface area (Å²) in [6.07, 6.45) is 0. The summed E-state index contributed by atoms with van der Waals surface area (Å²) in [5, 5.41) is 2.49. The Kier molecular flexibility index (Phi) is 9.77. The van der Waals surface area contributed by atoms with Crippen LogP contribution in [0.4, 0.5) is 17.1 Å². The van der Waals surface area contributed by atoms with Gasteiger partial charge in [0.1, 0.15) is 0 Å². The van der Waals surface area contributed by atoms with E-state index in [2.05, 4.69) is 289 Å². The zero-order valence-corrected chi connectivity index (χ0v) is 38.0. The number of fused-ring (bicyclic) bond motifs is 7. The summed E-state index contributed by atoms with van der Waals surface area (Å²) in [6, 6.07) is 102. The first-order chi connectivity index (χ1) is 34.2. The number of nitrogens with zero attached hydrogens (tertiary/aromatic N) is 2. The van der Waals surface area contributed by atoms with Crippen molar-refractivity contribution in [3.63, 3.8) is 0 Å². The SMILES string of the molecule is c1ccc(-c2cccc(N(c3ccccc3)c3ccc(-c4ccc(-c5ccc6c7ccc8c(c7n(-c7ccccc7)c6c5)-c5ccccc5C8(c5ccccc5)c5ccccc5)cc4)cc3)c2)cc1. The molecule has 0 aliphatic heterocycles. The first kappa shape index (κ1) is 40.3. The lowest BCUT2D eigenvalue weighted by Gasteiger charge is -2.33. The Hall–Kier alpha value is -8.98. The molecule has 0 bridgehead atoms. The number of benzene rings is 11. The van der Waals surface area contributed by atoms with Crippen molar-refractivity contribution in [1.29, 1.82) is 0 Å². The molecule has 324 valence electrons. The van der Waals surface area contributed by atoms with Crippen LogP contribution in [-0.4, -0.2) is 4.57 Å². The van der Waals surface area contributed by atoms with Crippen molar-refractivity contribution < 1.29 is 0 Å². The second-order valence-electron chi connectivity index (χ2n) is 18.0. The van der Waals surface area contributed by atoms with Crippen molar-refractivity contribution >= 4 is 38.9 Å². The summed E-state index contributed by atoms with van der Waals surface area (Å²) < 4.78 is 2.52. The molecule has 0 fully saturated rings. The van der Waals surface area contributed by atoms with E-state index in [-0.39, 0.29) is 0 Å². The summed E-state index contributed by atoms with van der Waals surface area (Å²) in [6.45, 7) is 0. The molecular weight excluding hydrogens is 833 g/mol. The number of anilines is 3. The average molecular weight is 879 g/mol. The fourth-order valence-electron chi connectivity index (χ4n) is 11.2. The van der Waals surface area contributed by atoms with Gasteiger partial charge in [-0.2, -0.15) is 0 Å². The van der Waals surface area contributed by atoms with E-state index in [0.717, 1.165) is 22.7 Å². The minimum atomic E-state index is -0.483. The van der Waals surface area contributed by atoms with Crippen LogP contribution in [0.15, 0.2) is 279 Å². The Morgan fingerprint density at radius 2 is 0.768 bits per heavy atom. The molecule has 0 saturated carbocycles. The Bertz CT molecular complexity index is 3750. The zero-order chi connectivity index (χ0) is 45.7. The molecule has 69 heavy (non-hydrogen) atoms. The number of hydrogen-bond donors (Lipinski definition) is 0. The quantitative estimate of drug-likeness (QED) is 0.140. The molecule has 0 spiro atoms. The highest BCUT2D eigenvalue weighted by Crippen LogP contribution is 2.58. The molecule has 1 aliphatic carbocycles. The van der Waals surface area contributed by atoms with Gasteiger partial charge in [0, 0.05) is 39.1 Å². The molecule has 0 N–H and O–H groups in total. The lowest BCUT2D eigenvalue weighted by molar-refractivity contribution is 0.769. The monoisotopic (exact) mass is 878 g/mol. The van der Waals surface area contributed by atoms with Crippen molar-refractivity contribution in [3.05, 3.63) is 301 Å². The lowest BCUT2D eigenvalue weighted by atomic mass is 9.67. The van der Waals surface area contributed by atoms with Gasteiger partial charge in [0.25, 0.3) is 0 Å². The molecule has 12 aromatic rings. The van der Waals surface area contributed by atoms with Gasteiger partial charge in [-0.15, -0.1) is 0 Å². The molecule has 13 rings (SSSR count). The van der Waals surface area contributed by atoms with E-state index in [4.69, 9.17) is 0 Å². The first-order valence-electron chi connectivity index (χ1n) is 23.8. The van der Waals surface area contributed by atoms with Crippen LogP contribution >= 0.6 is 0 Å². The normalized spacial score (nSPS) is 12.5. The molecule has 0 radical (unpaired) electrons. The van der Waals surface area contributed by atoms with E-state index in [1.165, 1.54) is 88.6 Å². The molecule has 1 heterocycles. The van der Waals surface area contributed by atoms with Crippen molar-refractivity contribution in [2.24, 2.45) is 0 Å². The van der Waals surface area contributed by atoms with E-state index in [1.54, 1.807) is 0 Å². The maximum atomic E-state index is 2.52. The van der Waals surface area contributed by atoms with E-state index in [9.17, 15) is 0 Å². The van der Waals surface area contributed by atoms with Gasteiger partial charge >= 0.3 is 0 Å². The fourth-order valence-corrected chi connectivity index (χ4v) is 11.2. The molecule has 0 unspecified atom stereocenters. The van der Waals surface area contributed by atoms with Crippen LogP contribution in [0.5, 0.6) is 0 Å². The molecule has 0 saturated heterocycles. The fraction of sp³-hybridized carbons (Fsp3) is 0.0149. The highest BCUT2D eigenvalue weighted by Gasteiger charge is 2.47. The van der Waals surface area contributed by atoms with Crippen LogP contribution in [0, 0.1) is 0 Å². The highest BCUT2D eigenvalue weighted by molar-refractivity contribution is 6.16. The zero-order valence-electron chi connectivity index (χ0n) is 38.0. The summed E-state index contributed by atoms with van der Waals surface area (Å²) in [7, 11) is 0. The predicted molar refractivity (Wildman–Crippen MR) is 289 cm³/mol. The summed E-state index contributed by atoms with van der Waals surface area (Å²) >= 11 is 0. The minimum Gasteiger partial charge on any atom is -0.310 e. The van der Waals surface area contributed by atoms with E-state index < -0.39 is 5.41 Å². The minimum absolute atomic E-state index is 0.483. The summed E-state index contributed by atoms with van der Waals surface area (Å²) in [5.74, 6) is 0. The number of hydrogen-bond acceptors (Lipinski definition) is 1. The van der Waals surface area contributed by atoms with Gasteiger partial charge in [0.05, 0.1) is 16.4 Å². The molecule has 0 atom stereocenters. The smallest absolute Gasteiger partial charge is 0.0714 e. The van der Waals surface area contributed by atoms with E-state index in [0.29, 0.717) is 0 Å². The van der Waals surface area contributed by atoms with Gasteiger partial charge in [-0.25, -0.2) is 0 Å². The van der Waals surface area contributed by atoms with Crippen LogP contribution in [-0.2, 0) is 5.41 Å². The maximum Gasteiger partial charge on any atom is 0.0714 e. The molecule has 0 amide bonds. The van der Waals surface area contributed by atoms with Crippen LogP contribution in [0.25, 0.3) is 72.0 Å². The number of rotatable bonds is 9. The van der Waals surface area contributed by atoms with Crippen LogP contribution < -0.4 is 4.90 Å². The highest BCUT2D eigenvalue weighted by atomic mass is 15.1. The van der Waals surface area contributed by atoms with Crippen LogP contribution in [0.3, 0.4) is 0 Å². The van der Waals surface area contributed by atoms with Crippen molar-refractivity contribution in [3.8, 4) is 50.2 Å². The standard InChI is InChI=1S/C67H46N2/c1-6-19-47(20-7-1)51-21-18-30-58(45-51)68(55-26-12-4-13-27-55)57-40-37-49(38-41-57)48-33-35-50(36-34-48)52-39-42-59-60-43-44-63-65(66(60)69(64(59)46-52)56-28-14-5-15-29-56)61-31-16-17-32-62(61)67(63,53-22-8-2-9-23-53)54-24-10-3-11-25-54/h1-46H. The Morgan fingerprint density at radius 1 is 0.304 bits per heavy atom. The third-order valence-electron chi connectivity index (χ3n) is 14.3. The number of aromatic nitrogens is 1. The van der Waals surface area contributed by atoms with Crippen molar-refractivity contribution in [2.45, 2.75) is 5.41 Å². The van der Waals surface area contributed by atoms with Gasteiger partial charge in [-0.1, -0.05) is 224 Å². The molecule has 2 heteroatoms. The molecular formula is C67H46N2. The second kappa shape index (κ2) is 16.7. The number of para-hydroxylation sites is 2. The first-order valence-corrected chi connectivity index (χ1v) is 23.8. The molecule has 1 aliphatic rings. The second-order valence-corrected chi connectivity index (χ2v) is 18.0. The van der Waals surface area contributed by atoms with Gasteiger partial charge in [0.2, 0.25) is 0 Å². The summed E-state index contributed by atoms with van der Waals surface area (Å²) in [4.78, 5) is 2.33. The lowest BCUT2D eigenvalue weighted by Crippen LogP contribution is -2.28. The predicted octanol–water partition coefficient (Wildman–Crippen LogP) is 17.6. The summed E-state index contributed by atoms with van der Waals surface area (Å²) in [5.41, 5.74) is 21.3. The van der Waals surface area contributed by atoms with Crippen molar-refractivity contribution in [1.82, 2.24) is 4.57 Å². The van der Waals surface area contributed by atoms with Gasteiger partial charge in [-0.3, -0.25) is 0 Å². The van der Waals surface area contributed by atoms with E-state index in [1.807, 2.05) is 0 Å². The Balaban J connectivity index is 0.905. The van der Waals surface area contributed by atoms with E-state index >= 15 is 0 Å². The maximum absolute atomic E-state index is 2.52. The van der Waals surface area contributed by atoms with Crippen LogP contribution in [0.1, 0.15) is 22.3 Å². The van der Waals surface area contributed by atoms with Gasteiger partial charge in [0.15, 0.2) is 0 Å².